The molecule has 1 aliphatic heterocycles. The third-order valence-electron chi connectivity index (χ3n) is 4.67. The highest BCUT2D eigenvalue weighted by Gasteiger charge is 2.23. The zero-order valence-electron chi connectivity index (χ0n) is 15.5. The van der Waals surface area contributed by atoms with E-state index in [1.807, 2.05) is 6.92 Å². The first-order valence-corrected chi connectivity index (χ1v) is 9.47. The minimum absolute atomic E-state index is 0.0469. The summed E-state index contributed by atoms with van der Waals surface area (Å²) in [4.78, 5) is 25.7. The Labute approximate surface area is 160 Å². The number of primary amides is 1. The van der Waals surface area contributed by atoms with Crippen LogP contribution in [-0.2, 0) is 9.59 Å². The van der Waals surface area contributed by atoms with Gasteiger partial charge in [0.2, 0.25) is 5.91 Å². The molecule has 26 heavy (non-hydrogen) atoms. The van der Waals surface area contributed by atoms with Crippen molar-refractivity contribution in [2.24, 2.45) is 11.7 Å². The molecular weight excluding hydrogens is 354 g/mol. The number of carbonyl (C=O) groups is 2. The summed E-state index contributed by atoms with van der Waals surface area (Å²) in [6.45, 7) is 6.74. The third-order valence-corrected chi connectivity index (χ3v) is 4.90. The molecule has 0 aromatic heterocycles. The van der Waals surface area contributed by atoms with Gasteiger partial charge in [-0.25, -0.2) is 0 Å². The van der Waals surface area contributed by atoms with Gasteiger partial charge in [-0.05, 0) is 70.0 Å². The molecule has 0 spiro atoms. The van der Waals surface area contributed by atoms with Gasteiger partial charge in [0.1, 0.15) is 5.75 Å². The second-order valence-electron chi connectivity index (χ2n) is 6.86. The number of likely N-dealkylation sites (tertiary alicyclic amines) is 1. The normalized spacial score (nSPS) is 19.0. The van der Waals surface area contributed by atoms with Crippen LogP contribution >= 0.6 is 11.6 Å². The fraction of sp³-hybridized carbons (Fsp3) is 0.579. The first-order chi connectivity index (χ1) is 12.4. The molecule has 144 valence electrons. The fourth-order valence-corrected chi connectivity index (χ4v) is 3.36. The molecule has 2 atom stereocenters. The number of aryl methyl sites for hydroxylation is 1. The van der Waals surface area contributed by atoms with E-state index in [2.05, 4.69) is 10.2 Å². The van der Waals surface area contributed by atoms with Crippen molar-refractivity contribution in [3.8, 4) is 5.75 Å². The van der Waals surface area contributed by atoms with Crippen LogP contribution in [0.2, 0.25) is 5.02 Å². The molecule has 0 aliphatic carbocycles. The lowest BCUT2D eigenvalue weighted by molar-refractivity contribution is -0.127. The highest BCUT2D eigenvalue weighted by atomic mass is 35.5. The van der Waals surface area contributed by atoms with E-state index in [4.69, 9.17) is 22.1 Å². The van der Waals surface area contributed by atoms with Crippen LogP contribution in [-0.4, -0.2) is 49.0 Å². The summed E-state index contributed by atoms with van der Waals surface area (Å²) in [5.74, 6) is 0.247. The minimum Gasteiger partial charge on any atom is -0.481 e. The van der Waals surface area contributed by atoms with E-state index in [1.165, 1.54) is 0 Å². The van der Waals surface area contributed by atoms with Crippen molar-refractivity contribution in [2.75, 3.05) is 26.2 Å². The van der Waals surface area contributed by atoms with E-state index in [9.17, 15) is 9.59 Å². The number of hydrogen-bond donors (Lipinski definition) is 2. The number of nitrogens with zero attached hydrogens (tertiary/aromatic N) is 1. The number of halogens is 1. The Kier molecular flexibility index (Phi) is 7.72. The average Bonchev–Trinajstić information content (AvgIpc) is 2.61. The fourth-order valence-electron chi connectivity index (χ4n) is 3.14. The van der Waals surface area contributed by atoms with Gasteiger partial charge in [-0.1, -0.05) is 11.6 Å². The number of nitrogens with two attached hydrogens (primary N) is 1. The Hall–Kier alpha value is -1.79. The summed E-state index contributed by atoms with van der Waals surface area (Å²) in [6.07, 6.45) is 2.11. The predicted molar refractivity (Wildman–Crippen MR) is 102 cm³/mol. The van der Waals surface area contributed by atoms with Gasteiger partial charge < -0.3 is 20.7 Å². The van der Waals surface area contributed by atoms with Crippen LogP contribution in [0.25, 0.3) is 0 Å². The smallest absolute Gasteiger partial charge is 0.260 e. The summed E-state index contributed by atoms with van der Waals surface area (Å²) in [5.41, 5.74) is 6.29. The van der Waals surface area contributed by atoms with E-state index in [1.54, 1.807) is 25.1 Å². The molecular formula is C19H28ClN3O3. The zero-order chi connectivity index (χ0) is 19.1. The summed E-state index contributed by atoms with van der Waals surface area (Å²) < 4.78 is 5.72. The van der Waals surface area contributed by atoms with Crippen LogP contribution in [0.3, 0.4) is 0 Å². The number of nitrogens with one attached hydrogen (secondary N) is 1. The number of rotatable bonds is 8. The molecule has 1 fully saturated rings. The maximum atomic E-state index is 12.2. The molecule has 2 rings (SSSR count). The van der Waals surface area contributed by atoms with Gasteiger partial charge in [-0.2, -0.15) is 0 Å². The molecule has 1 aliphatic rings. The van der Waals surface area contributed by atoms with E-state index in [0.29, 0.717) is 17.3 Å². The Morgan fingerprint density at radius 2 is 2.23 bits per heavy atom. The van der Waals surface area contributed by atoms with Gasteiger partial charge in [0.15, 0.2) is 6.10 Å². The van der Waals surface area contributed by atoms with E-state index >= 15 is 0 Å². The molecule has 0 radical (unpaired) electrons. The van der Waals surface area contributed by atoms with Crippen molar-refractivity contribution >= 4 is 23.4 Å². The maximum absolute atomic E-state index is 12.2. The molecule has 1 aromatic carbocycles. The van der Waals surface area contributed by atoms with Gasteiger partial charge in [0, 0.05) is 18.1 Å². The van der Waals surface area contributed by atoms with Crippen molar-refractivity contribution in [2.45, 2.75) is 39.2 Å². The van der Waals surface area contributed by atoms with Crippen molar-refractivity contribution in [3.05, 3.63) is 28.8 Å². The maximum Gasteiger partial charge on any atom is 0.260 e. The number of benzene rings is 1. The molecule has 2 amide bonds. The molecule has 0 bridgehead atoms. The monoisotopic (exact) mass is 381 g/mol. The highest BCUT2D eigenvalue weighted by molar-refractivity contribution is 6.30. The van der Waals surface area contributed by atoms with Crippen LogP contribution in [0.15, 0.2) is 18.2 Å². The van der Waals surface area contributed by atoms with Crippen molar-refractivity contribution < 1.29 is 14.3 Å². The number of carbonyl (C=O) groups excluding carboxylic acids is 2. The standard InChI is InChI=1S/C19H28ClN3O3/c1-13-11-16(20)6-7-17(13)26-14(2)19(25)22-8-4-10-23-9-3-5-15(12-23)18(21)24/h6-7,11,14-15H,3-5,8-10,12H2,1-2H3,(H2,21,24)(H,22,25)/t14-,15+/m1/s1. The number of hydrogen-bond acceptors (Lipinski definition) is 4. The Morgan fingerprint density at radius 1 is 1.46 bits per heavy atom. The van der Waals surface area contributed by atoms with E-state index in [0.717, 1.165) is 44.5 Å². The minimum atomic E-state index is -0.580. The molecule has 0 saturated carbocycles. The van der Waals surface area contributed by atoms with Crippen molar-refractivity contribution in [1.29, 1.82) is 0 Å². The Bertz CT molecular complexity index is 638. The quantitative estimate of drug-likeness (QED) is 0.675. The Balaban J connectivity index is 1.68. The summed E-state index contributed by atoms with van der Waals surface area (Å²) in [5, 5.41) is 3.54. The van der Waals surface area contributed by atoms with Crippen molar-refractivity contribution in [1.82, 2.24) is 10.2 Å². The zero-order valence-corrected chi connectivity index (χ0v) is 16.2. The van der Waals surface area contributed by atoms with Gasteiger partial charge in [0.05, 0.1) is 5.92 Å². The second-order valence-corrected chi connectivity index (χ2v) is 7.29. The van der Waals surface area contributed by atoms with Crippen LogP contribution in [0.4, 0.5) is 0 Å². The lowest BCUT2D eigenvalue weighted by Gasteiger charge is -2.31. The lowest BCUT2D eigenvalue weighted by Crippen LogP contribution is -2.42. The first-order valence-electron chi connectivity index (χ1n) is 9.09. The van der Waals surface area contributed by atoms with Gasteiger partial charge in [-0.3, -0.25) is 9.59 Å². The largest absolute Gasteiger partial charge is 0.481 e. The average molecular weight is 382 g/mol. The second kappa shape index (κ2) is 9.78. The summed E-state index contributed by atoms with van der Waals surface area (Å²) in [6, 6.07) is 5.32. The molecule has 1 aromatic rings. The molecule has 1 saturated heterocycles. The molecule has 6 nitrogen and oxygen atoms in total. The predicted octanol–water partition coefficient (Wildman–Crippen LogP) is 2.12. The number of ether oxygens (including phenoxy) is 1. The van der Waals surface area contributed by atoms with Gasteiger partial charge in [-0.15, -0.1) is 0 Å². The third kappa shape index (κ3) is 6.18. The summed E-state index contributed by atoms with van der Waals surface area (Å²) >= 11 is 5.93. The van der Waals surface area contributed by atoms with Gasteiger partial charge in [0.25, 0.3) is 5.91 Å². The van der Waals surface area contributed by atoms with Crippen LogP contribution in [0.5, 0.6) is 5.75 Å². The Morgan fingerprint density at radius 3 is 2.92 bits per heavy atom. The van der Waals surface area contributed by atoms with E-state index in [-0.39, 0.29) is 17.7 Å². The number of amides is 2. The highest BCUT2D eigenvalue weighted by Crippen LogP contribution is 2.22. The molecule has 3 N–H and O–H groups in total. The van der Waals surface area contributed by atoms with Crippen LogP contribution in [0, 0.1) is 12.8 Å². The van der Waals surface area contributed by atoms with E-state index < -0.39 is 6.10 Å². The number of piperidine rings is 1. The molecule has 0 unspecified atom stereocenters. The molecule has 7 heteroatoms. The SMILES string of the molecule is Cc1cc(Cl)ccc1O[C@H](C)C(=O)NCCCN1CCC[C@H](C(N)=O)C1. The first kappa shape index (κ1) is 20.5. The lowest BCUT2D eigenvalue weighted by atomic mass is 9.97. The van der Waals surface area contributed by atoms with Crippen LogP contribution < -0.4 is 15.8 Å². The molecule has 1 heterocycles. The van der Waals surface area contributed by atoms with Crippen LogP contribution in [0.1, 0.15) is 31.7 Å². The van der Waals surface area contributed by atoms with Crippen molar-refractivity contribution in [3.63, 3.8) is 0 Å². The summed E-state index contributed by atoms with van der Waals surface area (Å²) in [7, 11) is 0. The topological polar surface area (TPSA) is 84.7 Å². The van der Waals surface area contributed by atoms with Gasteiger partial charge >= 0.3 is 0 Å².